The van der Waals surface area contributed by atoms with Crippen LogP contribution in [0.1, 0.15) is 40.2 Å². The monoisotopic (exact) mass is 277 g/mol. The molecule has 0 radical (unpaired) electrons. The number of para-hydroxylation sites is 1. The Labute approximate surface area is 122 Å². The lowest BCUT2D eigenvalue weighted by atomic mass is 10.0. The van der Waals surface area contributed by atoms with Crippen molar-refractivity contribution < 1.29 is 9.47 Å². The summed E-state index contributed by atoms with van der Waals surface area (Å²) in [5, 5.41) is 3.42. The average Bonchev–Trinajstić information content (AvgIpc) is 2.64. The third-order valence-electron chi connectivity index (χ3n) is 3.37. The lowest BCUT2D eigenvalue weighted by Gasteiger charge is -2.20. The van der Waals surface area contributed by atoms with E-state index in [-0.39, 0.29) is 11.7 Å². The fourth-order valence-electron chi connectivity index (χ4n) is 2.51. The van der Waals surface area contributed by atoms with Crippen molar-refractivity contribution in [3.05, 3.63) is 23.8 Å². The third-order valence-corrected chi connectivity index (χ3v) is 3.37. The van der Waals surface area contributed by atoms with E-state index in [1.165, 1.54) is 5.56 Å². The van der Waals surface area contributed by atoms with E-state index in [1.54, 1.807) is 0 Å². The topological polar surface area (TPSA) is 30.5 Å². The molecular formula is C17H27NO2. The van der Waals surface area contributed by atoms with E-state index in [1.807, 2.05) is 12.1 Å². The molecule has 2 rings (SSSR count). The van der Waals surface area contributed by atoms with Crippen LogP contribution in [-0.4, -0.2) is 24.8 Å². The summed E-state index contributed by atoms with van der Waals surface area (Å²) < 4.78 is 12.1. The number of rotatable bonds is 6. The quantitative estimate of drug-likeness (QED) is 0.864. The Hall–Kier alpha value is -1.22. The van der Waals surface area contributed by atoms with Crippen LogP contribution in [-0.2, 0) is 6.42 Å². The van der Waals surface area contributed by atoms with E-state index >= 15 is 0 Å². The molecule has 1 aliphatic heterocycles. The first kappa shape index (κ1) is 15.2. The average molecular weight is 277 g/mol. The molecule has 0 aromatic heterocycles. The molecule has 0 spiro atoms. The summed E-state index contributed by atoms with van der Waals surface area (Å²) in [5.74, 6) is 2.45. The Balaban J connectivity index is 1.96. The summed E-state index contributed by atoms with van der Waals surface area (Å²) in [6.45, 7) is 12.6. The maximum absolute atomic E-state index is 6.04. The summed E-state index contributed by atoms with van der Waals surface area (Å²) in [4.78, 5) is 0. The van der Waals surface area contributed by atoms with Gasteiger partial charge in [0.1, 0.15) is 11.7 Å². The highest BCUT2D eigenvalue weighted by Gasteiger charge is 2.32. The van der Waals surface area contributed by atoms with Crippen molar-refractivity contribution >= 4 is 0 Å². The van der Waals surface area contributed by atoms with Gasteiger partial charge in [0, 0.05) is 18.5 Å². The van der Waals surface area contributed by atoms with Crippen LogP contribution in [0, 0.1) is 5.92 Å². The molecule has 1 N–H and O–H groups in total. The van der Waals surface area contributed by atoms with Gasteiger partial charge in [-0.2, -0.15) is 0 Å². The molecular weight excluding hydrogens is 250 g/mol. The molecule has 0 aliphatic carbocycles. The second-order valence-electron chi connectivity index (χ2n) is 6.76. The number of hydrogen-bond donors (Lipinski definition) is 1. The van der Waals surface area contributed by atoms with Crippen molar-refractivity contribution in [2.45, 2.75) is 52.7 Å². The van der Waals surface area contributed by atoms with Gasteiger partial charge >= 0.3 is 0 Å². The highest BCUT2D eigenvalue weighted by molar-refractivity contribution is 5.50. The molecule has 0 fully saturated rings. The van der Waals surface area contributed by atoms with Gasteiger partial charge in [0.05, 0.1) is 0 Å². The van der Waals surface area contributed by atoms with Gasteiger partial charge in [-0.05, 0) is 39.3 Å². The summed E-state index contributed by atoms with van der Waals surface area (Å²) in [5.41, 5.74) is 1.12. The fraction of sp³-hybridized carbons (Fsp3) is 0.647. The summed E-state index contributed by atoms with van der Waals surface area (Å²) in [6.07, 6.45) is 1.08. The van der Waals surface area contributed by atoms with Crippen molar-refractivity contribution in [3.63, 3.8) is 0 Å². The number of hydrogen-bond acceptors (Lipinski definition) is 3. The Morgan fingerprint density at radius 1 is 1.25 bits per heavy atom. The third kappa shape index (κ3) is 3.89. The minimum atomic E-state index is -0.124. The normalized spacial score (nSPS) is 17.7. The smallest absolute Gasteiger partial charge is 0.165 e. The van der Waals surface area contributed by atoms with Crippen molar-refractivity contribution in [1.82, 2.24) is 5.32 Å². The first-order chi connectivity index (χ1) is 9.37. The first-order valence-corrected chi connectivity index (χ1v) is 7.55. The Kier molecular flexibility index (Phi) is 4.59. The van der Waals surface area contributed by atoms with Crippen molar-refractivity contribution in [3.8, 4) is 11.5 Å². The summed E-state index contributed by atoms with van der Waals surface area (Å²) in [7, 11) is 0. The molecule has 1 aromatic carbocycles. The SMILES string of the molecule is CC(C)CNCC(C)Oc1cccc2c1OC(C)(C)C2. The molecule has 1 aromatic rings. The molecule has 0 bridgehead atoms. The van der Waals surface area contributed by atoms with Crippen molar-refractivity contribution in [1.29, 1.82) is 0 Å². The number of ether oxygens (including phenoxy) is 2. The summed E-state index contributed by atoms with van der Waals surface area (Å²) >= 11 is 0. The first-order valence-electron chi connectivity index (χ1n) is 7.55. The van der Waals surface area contributed by atoms with Gasteiger partial charge in [0.15, 0.2) is 11.5 Å². The zero-order valence-electron chi connectivity index (χ0n) is 13.3. The maximum atomic E-state index is 6.04. The predicted octanol–water partition coefficient (Wildman–Crippen LogP) is 3.41. The van der Waals surface area contributed by atoms with Gasteiger partial charge in [-0.25, -0.2) is 0 Å². The van der Waals surface area contributed by atoms with Gasteiger partial charge < -0.3 is 14.8 Å². The van der Waals surface area contributed by atoms with Crippen LogP contribution in [0.5, 0.6) is 11.5 Å². The van der Waals surface area contributed by atoms with Gasteiger partial charge in [0.2, 0.25) is 0 Å². The van der Waals surface area contributed by atoms with E-state index in [2.05, 4.69) is 46.0 Å². The minimum absolute atomic E-state index is 0.124. The molecule has 0 saturated carbocycles. The number of fused-ring (bicyclic) bond motifs is 1. The molecule has 0 saturated heterocycles. The Bertz CT molecular complexity index is 454. The molecule has 1 atom stereocenters. The highest BCUT2D eigenvalue weighted by Crippen LogP contribution is 2.41. The molecule has 3 heteroatoms. The van der Waals surface area contributed by atoms with E-state index in [0.717, 1.165) is 31.0 Å². The molecule has 1 unspecified atom stereocenters. The van der Waals surface area contributed by atoms with Crippen LogP contribution in [0.3, 0.4) is 0 Å². The Morgan fingerprint density at radius 3 is 2.70 bits per heavy atom. The van der Waals surface area contributed by atoms with Crippen LogP contribution in [0.4, 0.5) is 0 Å². The second kappa shape index (κ2) is 6.04. The number of benzene rings is 1. The van der Waals surface area contributed by atoms with Gasteiger partial charge in [-0.1, -0.05) is 26.0 Å². The fourth-order valence-corrected chi connectivity index (χ4v) is 2.51. The van der Waals surface area contributed by atoms with Gasteiger partial charge in [-0.15, -0.1) is 0 Å². The van der Waals surface area contributed by atoms with Crippen LogP contribution < -0.4 is 14.8 Å². The zero-order valence-corrected chi connectivity index (χ0v) is 13.3. The van der Waals surface area contributed by atoms with E-state index < -0.39 is 0 Å². The van der Waals surface area contributed by atoms with Crippen LogP contribution in [0.2, 0.25) is 0 Å². The van der Waals surface area contributed by atoms with Crippen LogP contribution >= 0.6 is 0 Å². The molecule has 0 amide bonds. The highest BCUT2D eigenvalue weighted by atomic mass is 16.5. The van der Waals surface area contributed by atoms with E-state index in [4.69, 9.17) is 9.47 Å². The summed E-state index contributed by atoms with van der Waals surface area (Å²) in [6, 6.07) is 6.17. The molecule has 20 heavy (non-hydrogen) atoms. The van der Waals surface area contributed by atoms with Crippen LogP contribution in [0.15, 0.2) is 18.2 Å². The maximum Gasteiger partial charge on any atom is 0.165 e. The minimum Gasteiger partial charge on any atom is -0.485 e. The Morgan fingerprint density at radius 2 is 2.00 bits per heavy atom. The number of nitrogens with one attached hydrogen (secondary N) is 1. The molecule has 112 valence electrons. The van der Waals surface area contributed by atoms with Crippen LogP contribution in [0.25, 0.3) is 0 Å². The molecule has 1 aliphatic rings. The van der Waals surface area contributed by atoms with Crippen molar-refractivity contribution in [2.75, 3.05) is 13.1 Å². The van der Waals surface area contributed by atoms with E-state index in [9.17, 15) is 0 Å². The zero-order chi connectivity index (χ0) is 14.8. The van der Waals surface area contributed by atoms with Gasteiger partial charge in [-0.3, -0.25) is 0 Å². The van der Waals surface area contributed by atoms with E-state index in [0.29, 0.717) is 5.92 Å². The second-order valence-corrected chi connectivity index (χ2v) is 6.76. The molecule has 3 nitrogen and oxygen atoms in total. The largest absolute Gasteiger partial charge is 0.485 e. The molecule has 1 heterocycles. The lowest BCUT2D eigenvalue weighted by Crippen LogP contribution is -2.31. The standard InChI is InChI=1S/C17H27NO2/c1-12(2)10-18-11-13(3)19-15-8-6-7-14-9-17(4,5)20-16(14)15/h6-8,12-13,18H,9-11H2,1-5H3. The van der Waals surface area contributed by atoms with Crippen molar-refractivity contribution in [2.24, 2.45) is 5.92 Å². The predicted molar refractivity (Wildman–Crippen MR) is 82.7 cm³/mol. The lowest BCUT2D eigenvalue weighted by molar-refractivity contribution is 0.126. The van der Waals surface area contributed by atoms with Gasteiger partial charge in [0.25, 0.3) is 0 Å².